The van der Waals surface area contributed by atoms with Gasteiger partial charge in [0.15, 0.2) is 0 Å². The highest BCUT2D eigenvalue weighted by molar-refractivity contribution is 6.37. The van der Waals surface area contributed by atoms with Gasteiger partial charge in [0, 0.05) is 19.7 Å². The summed E-state index contributed by atoms with van der Waals surface area (Å²) in [6.07, 6.45) is 2.62. The van der Waals surface area contributed by atoms with Gasteiger partial charge >= 0.3 is 0 Å². The van der Waals surface area contributed by atoms with Gasteiger partial charge in [-0.2, -0.15) is 0 Å². The Labute approximate surface area is 123 Å². The van der Waals surface area contributed by atoms with Crippen LogP contribution in [0.15, 0.2) is 6.07 Å². The minimum atomic E-state index is 0.522. The van der Waals surface area contributed by atoms with Gasteiger partial charge in [-0.05, 0) is 31.7 Å². The van der Waals surface area contributed by atoms with Gasteiger partial charge in [0.05, 0.1) is 16.7 Å². The Hall–Kier alpha value is -0.710. The molecule has 1 aliphatic carbocycles. The Kier molecular flexibility index (Phi) is 5.55. The summed E-state index contributed by atoms with van der Waals surface area (Å²) >= 11 is 12.1. The number of hydrogen-bond donors (Lipinski definition) is 2. The molecular weight excluding hydrogens is 285 g/mol. The van der Waals surface area contributed by atoms with Crippen LogP contribution in [-0.4, -0.2) is 31.3 Å². The van der Waals surface area contributed by atoms with Crippen molar-refractivity contribution in [3.63, 3.8) is 0 Å². The first-order valence-electron chi connectivity index (χ1n) is 6.62. The first-order chi connectivity index (χ1) is 9.20. The molecule has 19 heavy (non-hydrogen) atoms. The highest BCUT2D eigenvalue weighted by Crippen LogP contribution is 2.29. The van der Waals surface area contributed by atoms with Crippen LogP contribution in [-0.2, 0) is 4.74 Å². The number of nitrogens with one attached hydrogen (secondary N) is 2. The predicted octanol–water partition coefficient (Wildman–Crippen LogP) is 3.66. The van der Waals surface area contributed by atoms with Crippen LogP contribution < -0.4 is 10.6 Å². The van der Waals surface area contributed by atoms with E-state index in [1.807, 2.05) is 6.92 Å². The molecule has 1 fully saturated rings. The lowest BCUT2D eigenvalue weighted by atomic mass is 10.4. The Balaban J connectivity index is 1.81. The molecule has 0 aliphatic heterocycles. The third kappa shape index (κ3) is 4.71. The van der Waals surface area contributed by atoms with E-state index in [0.29, 0.717) is 34.8 Å². The highest BCUT2D eigenvalue weighted by atomic mass is 35.5. The number of ether oxygens (including phenoxy) is 1. The standard InChI is InChI=1S/C13H19Cl2N3O/c1-2-16-12-10(14)7-11(15)13(18-12)17-5-6-19-8-9-3-4-9/h7,9H,2-6,8H2,1H3,(H2,16,17,18). The fourth-order valence-electron chi connectivity index (χ4n) is 1.66. The van der Waals surface area contributed by atoms with Gasteiger partial charge in [0.2, 0.25) is 0 Å². The predicted molar refractivity (Wildman–Crippen MR) is 80.5 cm³/mol. The SMILES string of the molecule is CCNc1nc(NCCOCC2CC2)c(Cl)cc1Cl. The number of rotatable bonds is 8. The van der Waals surface area contributed by atoms with Crippen LogP contribution in [0.3, 0.4) is 0 Å². The van der Waals surface area contributed by atoms with E-state index in [0.717, 1.165) is 19.1 Å². The molecule has 0 bridgehead atoms. The molecule has 106 valence electrons. The molecule has 0 saturated heterocycles. The summed E-state index contributed by atoms with van der Waals surface area (Å²) in [7, 11) is 0. The largest absolute Gasteiger partial charge is 0.379 e. The molecule has 1 aromatic heterocycles. The van der Waals surface area contributed by atoms with Crippen LogP contribution in [0.2, 0.25) is 10.0 Å². The number of hydrogen-bond acceptors (Lipinski definition) is 4. The number of halogens is 2. The third-order valence-corrected chi connectivity index (χ3v) is 3.44. The van der Waals surface area contributed by atoms with E-state index >= 15 is 0 Å². The van der Waals surface area contributed by atoms with Crippen molar-refractivity contribution in [2.75, 3.05) is 36.9 Å². The van der Waals surface area contributed by atoms with Gasteiger partial charge in [0.25, 0.3) is 0 Å². The quantitative estimate of drug-likeness (QED) is 0.720. The van der Waals surface area contributed by atoms with Gasteiger partial charge in [0.1, 0.15) is 11.6 Å². The first kappa shape index (κ1) is 14.7. The molecule has 1 heterocycles. The van der Waals surface area contributed by atoms with Crippen LogP contribution in [0, 0.1) is 5.92 Å². The fourth-order valence-corrected chi connectivity index (χ4v) is 2.15. The van der Waals surface area contributed by atoms with Crippen molar-refractivity contribution in [1.29, 1.82) is 0 Å². The summed E-state index contributed by atoms with van der Waals surface area (Å²) in [5.41, 5.74) is 0. The van der Waals surface area contributed by atoms with Gasteiger partial charge in [-0.3, -0.25) is 0 Å². The normalized spacial score (nSPS) is 14.5. The molecule has 0 spiro atoms. The monoisotopic (exact) mass is 303 g/mol. The van der Waals surface area contributed by atoms with Gasteiger partial charge in [-0.1, -0.05) is 23.2 Å². The fraction of sp³-hybridized carbons (Fsp3) is 0.615. The molecular formula is C13H19Cl2N3O. The van der Waals surface area contributed by atoms with Crippen LogP contribution in [0.4, 0.5) is 11.6 Å². The third-order valence-electron chi connectivity index (χ3n) is 2.86. The molecule has 0 aromatic carbocycles. The molecule has 0 atom stereocenters. The summed E-state index contributed by atoms with van der Waals surface area (Å²) in [6.45, 7) is 4.97. The van der Waals surface area contributed by atoms with E-state index in [9.17, 15) is 0 Å². The van der Waals surface area contributed by atoms with Crippen molar-refractivity contribution in [2.24, 2.45) is 5.92 Å². The summed E-state index contributed by atoms with van der Waals surface area (Å²) in [6, 6.07) is 1.70. The van der Waals surface area contributed by atoms with Crippen LogP contribution >= 0.6 is 23.2 Å². The molecule has 1 aliphatic rings. The van der Waals surface area contributed by atoms with E-state index in [2.05, 4.69) is 15.6 Å². The summed E-state index contributed by atoms with van der Waals surface area (Å²) in [4.78, 5) is 4.36. The van der Waals surface area contributed by atoms with Crippen molar-refractivity contribution in [1.82, 2.24) is 4.98 Å². The molecule has 4 nitrogen and oxygen atoms in total. The van der Waals surface area contributed by atoms with Crippen molar-refractivity contribution in [2.45, 2.75) is 19.8 Å². The van der Waals surface area contributed by atoms with Crippen LogP contribution in [0.5, 0.6) is 0 Å². The Morgan fingerprint density at radius 2 is 1.95 bits per heavy atom. The van der Waals surface area contributed by atoms with Crippen molar-refractivity contribution in [3.8, 4) is 0 Å². The maximum Gasteiger partial charge on any atom is 0.147 e. The second-order valence-corrected chi connectivity index (χ2v) is 5.44. The zero-order valence-corrected chi connectivity index (χ0v) is 12.5. The van der Waals surface area contributed by atoms with E-state index in [1.165, 1.54) is 12.8 Å². The second-order valence-electron chi connectivity index (χ2n) is 4.62. The van der Waals surface area contributed by atoms with Gasteiger partial charge in [-0.15, -0.1) is 0 Å². The van der Waals surface area contributed by atoms with Crippen LogP contribution in [0.1, 0.15) is 19.8 Å². The lowest BCUT2D eigenvalue weighted by molar-refractivity contribution is 0.134. The summed E-state index contributed by atoms with van der Waals surface area (Å²) < 4.78 is 5.55. The number of anilines is 2. The minimum absolute atomic E-state index is 0.522. The number of pyridine rings is 1. The lowest BCUT2D eigenvalue weighted by Gasteiger charge is -2.11. The van der Waals surface area contributed by atoms with E-state index in [1.54, 1.807) is 6.07 Å². The maximum atomic E-state index is 6.10. The van der Waals surface area contributed by atoms with E-state index in [4.69, 9.17) is 27.9 Å². The number of nitrogens with zero attached hydrogens (tertiary/aromatic N) is 1. The molecule has 1 aromatic rings. The molecule has 0 unspecified atom stereocenters. The van der Waals surface area contributed by atoms with E-state index < -0.39 is 0 Å². The topological polar surface area (TPSA) is 46.2 Å². The zero-order valence-electron chi connectivity index (χ0n) is 11.0. The molecule has 0 amide bonds. The number of aromatic nitrogens is 1. The van der Waals surface area contributed by atoms with Crippen molar-refractivity contribution < 1.29 is 4.74 Å². The van der Waals surface area contributed by atoms with Gasteiger partial charge in [-0.25, -0.2) is 4.98 Å². The highest BCUT2D eigenvalue weighted by Gasteiger charge is 2.20. The average molecular weight is 304 g/mol. The maximum absolute atomic E-state index is 6.10. The molecule has 1 saturated carbocycles. The van der Waals surface area contributed by atoms with Crippen molar-refractivity contribution >= 4 is 34.8 Å². The minimum Gasteiger partial charge on any atom is -0.379 e. The smallest absolute Gasteiger partial charge is 0.147 e. The molecule has 2 rings (SSSR count). The average Bonchev–Trinajstić information content (AvgIpc) is 3.18. The first-order valence-corrected chi connectivity index (χ1v) is 7.37. The second kappa shape index (κ2) is 7.17. The summed E-state index contributed by atoms with van der Waals surface area (Å²) in [5, 5.41) is 7.31. The molecule has 6 heteroatoms. The molecule has 0 radical (unpaired) electrons. The van der Waals surface area contributed by atoms with Crippen molar-refractivity contribution in [3.05, 3.63) is 16.1 Å². The van der Waals surface area contributed by atoms with Crippen LogP contribution in [0.25, 0.3) is 0 Å². The Morgan fingerprint density at radius 3 is 2.58 bits per heavy atom. The lowest BCUT2D eigenvalue weighted by Crippen LogP contribution is -2.12. The molecule has 2 N–H and O–H groups in total. The summed E-state index contributed by atoms with van der Waals surface area (Å²) in [5.74, 6) is 2.07. The van der Waals surface area contributed by atoms with E-state index in [-0.39, 0.29) is 0 Å². The Morgan fingerprint density at radius 1 is 1.26 bits per heavy atom. The van der Waals surface area contributed by atoms with Gasteiger partial charge < -0.3 is 15.4 Å². The zero-order chi connectivity index (χ0) is 13.7. The Bertz CT molecular complexity index is 425.